The van der Waals surface area contributed by atoms with Crippen molar-refractivity contribution < 1.29 is 27.4 Å². The quantitative estimate of drug-likeness (QED) is 0.131. The lowest BCUT2D eigenvalue weighted by atomic mass is 9.93. The summed E-state index contributed by atoms with van der Waals surface area (Å²) >= 11 is 0. The van der Waals surface area contributed by atoms with Crippen molar-refractivity contribution in [1.29, 1.82) is 0 Å². The van der Waals surface area contributed by atoms with Gasteiger partial charge in [0.25, 0.3) is 0 Å². The molecule has 5 aromatic rings. The summed E-state index contributed by atoms with van der Waals surface area (Å²) in [5, 5.41) is 5.55. The molecule has 0 atom stereocenters. The van der Waals surface area contributed by atoms with Crippen molar-refractivity contribution in [3.05, 3.63) is 101 Å². The van der Waals surface area contributed by atoms with E-state index in [2.05, 4.69) is 47.2 Å². The van der Waals surface area contributed by atoms with Crippen molar-refractivity contribution in [2.24, 2.45) is 5.92 Å². The molecule has 2 aromatic heterocycles. The lowest BCUT2D eigenvalue weighted by Gasteiger charge is -2.41. The largest absolute Gasteiger partial charge is 0.497 e. The Kier molecular flexibility index (Phi) is 10.7. The first kappa shape index (κ1) is 36.4. The molecule has 1 N–H and O–H groups in total. The number of para-hydroxylation sites is 1. The fraction of sp³-hybridized carbons (Fsp3) is 0.375. The predicted octanol–water partition coefficient (Wildman–Crippen LogP) is 6.64. The van der Waals surface area contributed by atoms with E-state index in [9.17, 15) is 8.42 Å². The summed E-state index contributed by atoms with van der Waals surface area (Å²) < 4.78 is 47.2. The monoisotopic (exact) mass is 738 g/mol. The van der Waals surface area contributed by atoms with E-state index >= 15 is 0 Å². The first-order valence-corrected chi connectivity index (χ1v) is 19.9. The fourth-order valence-corrected chi connectivity index (χ4v) is 8.03. The second kappa shape index (κ2) is 15.6. The molecule has 0 saturated carbocycles. The third-order valence-electron chi connectivity index (χ3n) is 9.56. The second-order valence-electron chi connectivity index (χ2n) is 14.1. The van der Waals surface area contributed by atoms with E-state index in [1.165, 1.54) is 11.8 Å². The van der Waals surface area contributed by atoms with Crippen LogP contribution >= 0.6 is 0 Å². The number of aromatic nitrogens is 3. The van der Waals surface area contributed by atoms with Crippen LogP contribution in [0.1, 0.15) is 48.3 Å². The first-order valence-electron chi connectivity index (χ1n) is 17.8. The summed E-state index contributed by atoms with van der Waals surface area (Å²) in [4.78, 5) is 18.4. The average molecular weight is 739 g/mol. The van der Waals surface area contributed by atoms with E-state index in [1.807, 2.05) is 66.7 Å². The summed E-state index contributed by atoms with van der Waals surface area (Å²) in [6.07, 6.45) is 4.43. The van der Waals surface area contributed by atoms with Crippen molar-refractivity contribution in [3.63, 3.8) is 0 Å². The fourth-order valence-electron chi connectivity index (χ4n) is 6.96. The number of methoxy groups -OCH3 is 1. The minimum atomic E-state index is -3.01. The number of anilines is 4. The molecule has 4 heterocycles. The lowest BCUT2D eigenvalue weighted by molar-refractivity contribution is -0.0459. The molecule has 0 bridgehead atoms. The van der Waals surface area contributed by atoms with Crippen molar-refractivity contribution in [1.82, 2.24) is 15.0 Å². The molecule has 2 saturated heterocycles. The van der Waals surface area contributed by atoms with Gasteiger partial charge in [0.2, 0.25) is 5.95 Å². The van der Waals surface area contributed by atoms with Crippen LogP contribution in [0.15, 0.2) is 79.1 Å². The Labute approximate surface area is 311 Å². The third kappa shape index (κ3) is 8.48. The number of nitrogens with zero attached hydrogens (tertiary/aromatic N) is 5. The Morgan fingerprint density at radius 2 is 1.75 bits per heavy atom. The highest BCUT2D eigenvalue weighted by Crippen LogP contribution is 2.38. The highest BCUT2D eigenvalue weighted by Gasteiger charge is 2.31. The molecule has 0 aliphatic carbocycles. The molecule has 3 aromatic carbocycles. The molecule has 2 fully saturated rings. The number of ether oxygens (including phenoxy) is 4. The van der Waals surface area contributed by atoms with E-state index in [1.54, 1.807) is 13.3 Å². The van der Waals surface area contributed by atoms with Crippen LogP contribution in [0.2, 0.25) is 0 Å². The molecular weight excluding hydrogens is 693 g/mol. The van der Waals surface area contributed by atoms with Crippen LogP contribution in [0.3, 0.4) is 0 Å². The molecule has 278 valence electrons. The first-order chi connectivity index (χ1) is 25.5. The van der Waals surface area contributed by atoms with Gasteiger partial charge in [-0.2, -0.15) is 4.98 Å². The van der Waals surface area contributed by atoms with Gasteiger partial charge in [-0.15, -0.1) is 0 Å². The number of sulfone groups is 1. The van der Waals surface area contributed by atoms with Gasteiger partial charge in [-0.05, 0) is 52.8 Å². The topological polar surface area (TPSA) is 128 Å². The molecule has 2 aliphatic rings. The van der Waals surface area contributed by atoms with Gasteiger partial charge in [0.15, 0.2) is 6.29 Å². The maximum atomic E-state index is 11.8. The highest BCUT2D eigenvalue weighted by atomic mass is 32.2. The summed E-state index contributed by atoms with van der Waals surface area (Å²) in [7, 11) is 0.586. The molecule has 7 rings (SSSR count). The average Bonchev–Trinajstić information content (AvgIpc) is 3.67. The minimum absolute atomic E-state index is 0.140. The van der Waals surface area contributed by atoms with Crippen LogP contribution < -0.4 is 24.6 Å². The molecule has 0 unspecified atom stereocenters. The lowest BCUT2D eigenvalue weighted by Crippen LogP contribution is -2.49. The minimum Gasteiger partial charge on any atom is -0.497 e. The van der Waals surface area contributed by atoms with Crippen LogP contribution in [-0.2, 0) is 32.5 Å². The zero-order chi connectivity index (χ0) is 37.1. The predicted molar refractivity (Wildman–Crippen MR) is 207 cm³/mol. The number of fused-ring (bicyclic) bond motifs is 1. The Morgan fingerprint density at radius 1 is 0.981 bits per heavy atom. The smallest absolute Gasteiger partial charge is 0.227 e. The van der Waals surface area contributed by atoms with Crippen LogP contribution in [0.5, 0.6) is 11.5 Å². The number of hydrogen-bond acceptors (Lipinski definition) is 12. The molecule has 0 spiro atoms. The van der Waals surface area contributed by atoms with Crippen LogP contribution in [0.4, 0.5) is 23.3 Å². The van der Waals surface area contributed by atoms with Gasteiger partial charge in [0.1, 0.15) is 39.6 Å². The van der Waals surface area contributed by atoms with Crippen molar-refractivity contribution in [2.45, 2.75) is 39.2 Å². The summed E-state index contributed by atoms with van der Waals surface area (Å²) in [6.45, 7) is 7.67. The standard InChI is InChI=1S/C40H46N6O6S/c1-26(2)31-13-14-35(46-21-28(22-46)25-53(5,47)48)34-20-42-37(19-33(31)34)43-36-15-16-41-40(44-36)45(3)23-29-7-6-8-32(39-50-17-18-51-39)38(29)52-24-27-9-11-30(49-4)12-10-27/h6-16,19-20,26,28,39H,17-18,21-25H2,1-5H3,(H,41,42,43,44). The summed E-state index contributed by atoms with van der Waals surface area (Å²) in [5.74, 6) is 3.96. The normalized spacial score (nSPS) is 15.2. The van der Waals surface area contributed by atoms with Crippen LogP contribution in [-0.4, -0.2) is 75.8 Å². The molecular formula is C40H46N6O6S. The molecule has 2 aliphatic heterocycles. The van der Waals surface area contributed by atoms with Crippen molar-refractivity contribution >= 4 is 43.9 Å². The van der Waals surface area contributed by atoms with Crippen LogP contribution in [0.25, 0.3) is 10.8 Å². The van der Waals surface area contributed by atoms with E-state index < -0.39 is 16.1 Å². The Balaban J connectivity index is 1.10. The Morgan fingerprint density at radius 3 is 2.47 bits per heavy atom. The van der Waals surface area contributed by atoms with Crippen molar-refractivity contribution in [2.75, 3.05) is 67.6 Å². The van der Waals surface area contributed by atoms with Gasteiger partial charge in [-0.1, -0.05) is 50.2 Å². The van der Waals surface area contributed by atoms with E-state index in [0.717, 1.165) is 38.9 Å². The molecule has 53 heavy (non-hydrogen) atoms. The highest BCUT2D eigenvalue weighted by molar-refractivity contribution is 7.90. The number of rotatable bonds is 14. The zero-order valence-corrected chi connectivity index (χ0v) is 31.6. The third-order valence-corrected chi connectivity index (χ3v) is 10.6. The van der Waals surface area contributed by atoms with E-state index in [0.29, 0.717) is 68.7 Å². The van der Waals surface area contributed by atoms with Gasteiger partial charge in [0.05, 0.1) is 31.6 Å². The van der Waals surface area contributed by atoms with Gasteiger partial charge >= 0.3 is 0 Å². The molecule has 12 nitrogen and oxygen atoms in total. The molecule has 0 amide bonds. The second-order valence-corrected chi connectivity index (χ2v) is 16.3. The number of benzene rings is 3. The molecule has 0 radical (unpaired) electrons. The maximum Gasteiger partial charge on any atom is 0.227 e. The summed E-state index contributed by atoms with van der Waals surface area (Å²) in [6, 6.07) is 22.0. The van der Waals surface area contributed by atoms with E-state index in [4.69, 9.17) is 28.9 Å². The van der Waals surface area contributed by atoms with Gasteiger partial charge in [-0.25, -0.2) is 18.4 Å². The van der Waals surface area contributed by atoms with Gasteiger partial charge < -0.3 is 34.1 Å². The number of nitrogens with one attached hydrogen (secondary N) is 1. The zero-order valence-electron chi connectivity index (χ0n) is 30.8. The van der Waals surface area contributed by atoms with Gasteiger partial charge in [0, 0.05) is 67.9 Å². The SMILES string of the molecule is COc1ccc(COc2c(CN(C)c3nccc(Nc4cc5c(C(C)C)ccc(N6CC(CS(C)(=O)=O)C6)c5cn4)n3)cccc2C2OCCO2)cc1. The maximum absolute atomic E-state index is 11.8. The molecule has 13 heteroatoms. The van der Waals surface area contributed by atoms with Gasteiger partial charge in [-0.3, -0.25) is 0 Å². The Hall–Kier alpha value is -4.98. The number of hydrogen-bond donors (Lipinski definition) is 1. The summed E-state index contributed by atoms with van der Waals surface area (Å²) in [5.41, 5.74) is 5.07. The van der Waals surface area contributed by atoms with E-state index in [-0.39, 0.29) is 11.7 Å². The van der Waals surface area contributed by atoms with Crippen LogP contribution in [0, 0.1) is 5.92 Å². The Bertz CT molecular complexity index is 2170. The van der Waals surface area contributed by atoms with Crippen molar-refractivity contribution in [3.8, 4) is 11.5 Å². The number of pyridine rings is 1.